The molecule has 1 aliphatic carbocycles. The lowest BCUT2D eigenvalue weighted by Crippen LogP contribution is -2.12. The van der Waals surface area contributed by atoms with Gasteiger partial charge in [0.05, 0.1) is 0 Å². The number of unbranched alkanes of at least 4 members (excludes halogenated alkanes) is 1. The van der Waals surface area contributed by atoms with Gasteiger partial charge in [-0.25, -0.2) is 0 Å². The summed E-state index contributed by atoms with van der Waals surface area (Å²) in [7, 11) is 0. The van der Waals surface area contributed by atoms with Crippen LogP contribution in [0.4, 0.5) is 0 Å². The molecule has 96 valence electrons. The van der Waals surface area contributed by atoms with Gasteiger partial charge >= 0.3 is 0 Å². The first-order valence-corrected chi connectivity index (χ1v) is 6.82. The van der Waals surface area contributed by atoms with Gasteiger partial charge in [-0.1, -0.05) is 19.3 Å². The number of hydrogen-bond donors (Lipinski definition) is 3. The van der Waals surface area contributed by atoms with Crippen LogP contribution < -0.4 is 11.3 Å². The van der Waals surface area contributed by atoms with Crippen LogP contribution in [0, 0.1) is 0 Å². The van der Waals surface area contributed by atoms with Crippen LogP contribution in [0.25, 0.3) is 0 Å². The Balaban J connectivity index is 2.07. The van der Waals surface area contributed by atoms with Crippen molar-refractivity contribution in [3.05, 3.63) is 21.6 Å². The molecule has 1 aliphatic rings. The van der Waals surface area contributed by atoms with Crippen LogP contribution in [0.1, 0.15) is 62.1 Å². The molecular formula is C13H23N3O. The molecule has 0 radical (unpaired) electrons. The van der Waals surface area contributed by atoms with Gasteiger partial charge in [-0.2, -0.15) is 0 Å². The summed E-state index contributed by atoms with van der Waals surface area (Å²) >= 11 is 0. The largest absolute Gasteiger partial charge is 0.330 e. The van der Waals surface area contributed by atoms with Crippen LogP contribution in [0.3, 0.4) is 0 Å². The molecule has 0 amide bonds. The molecule has 1 aromatic heterocycles. The van der Waals surface area contributed by atoms with Crippen LogP contribution in [0.15, 0.2) is 4.79 Å². The number of H-pyrrole nitrogens is 2. The van der Waals surface area contributed by atoms with E-state index in [0.717, 1.165) is 24.8 Å². The second kappa shape index (κ2) is 6.05. The molecule has 0 unspecified atom stereocenters. The van der Waals surface area contributed by atoms with Crippen molar-refractivity contribution >= 4 is 0 Å². The summed E-state index contributed by atoms with van der Waals surface area (Å²) in [5.74, 6) is 0.565. The maximum Gasteiger partial charge on any atom is 0.267 e. The van der Waals surface area contributed by atoms with Gasteiger partial charge in [-0.05, 0) is 38.6 Å². The minimum Gasteiger partial charge on any atom is -0.330 e. The van der Waals surface area contributed by atoms with E-state index in [-0.39, 0.29) is 5.56 Å². The van der Waals surface area contributed by atoms with Crippen LogP contribution in [0.5, 0.6) is 0 Å². The minimum absolute atomic E-state index is 0.0718. The molecule has 1 aromatic rings. The fraction of sp³-hybridized carbons (Fsp3) is 0.769. The third-order valence-corrected chi connectivity index (χ3v) is 3.80. The van der Waals surface area contributed by atoms with Crippen molar-refractivity contribution < 1.29 is 0 Å². The van der Waals surface area contributed by atoms with Gasteiger partial charge in [0, 0.05) is 17.2 Å². The Bertz CT molecular complexity index is 388. The normalized spacial score (nSPS) is 17.5. The Labute approximate surface area is 102 Å². The first-order valence-electron chi connectivity index (χ1n) is 6.82. The summed E-state index contributed by atoms with van der Waals surface area (Å²) in [5.41, 5.74) is 7.72. The quantitative estimate of drug-likeness (QED) is 0.685. The third-order valence-electron chi connectivity index (χ3n) is 3.80. The first kappa shape index (κ1) is 12.4. The molecule has 1 heterocycles. The lowest BCUT2D eigenvalue weighted by molar-refractivity contribution is 0.434. The Hall–Kier alpha value is -1.03. The van der Waals surface area contributed by atoms with Crippen molar-refractivity contribution in [2.75, 3.05) is 6.54 Å². The highest BCUT2D eigenvalue weighted by Crippen LogP contribution is 2.32. The first-order chi connectivity index (χ1) is 8.33. The minimum atomic E-state index is 0.0718. The number of rotatable bonds is 5. The molecule has 4 heteroatoms. The Morgan fingerprint density at radius 1 is 1.12 bits per heavy atom. The maximum atomic E-state index is 11.8. The van der Waals surface area contributed by atoms with Gasteiger partial charge in [0.2, 0.25) is 0 Å². The van der Waals surface area contributed by atoms with Gasteiger partial charge in [0.15, 0.2) is 0 Å². The van der Waals surface area contributed by atoms with Gasteiger partial charge in [-0.15, -0.1) is 0 Å². The standard InChI is InChI=1S/C13H23N3O/c14-9-5-4-8-11-12(15-16-13(11)17)10-6-2-1-3-7-10/h10H,1-9,14H2,(H2,15,16,17). The van der Waals surface area contributed by atoms with Gasteiger partial charge in [-0.3, -0.25) is 9.89 Å². The van der Waals surface area contributed by atoms with Crippen LogP contribution in [-0.4, -0.2) is 16.7 Å². The van der Waals surface area contributed by atoms with Gasteiger partial charge in [0.1, 0.15) is 0 Å². The number of nitrogens with one attached hydrogen (secondary N) is 2. The predicted molar refractivity (Wildman–Crippen MR) is 69.2 cm³/mol. The maximum absolute atomic E-state index is 11.8. The van der Waals surface area contributed by atoms with Crippen molar-refractivity contribution in [3.8, 4) is 0 Å². The Morgan fingerprint density at radius 3 is 2.59 bits per heavy atom. The molecular weight excluding hydrogens is 214 g/mol. The van der Waals surface area contributed by atoms with E-state index >= 15 is 0 Å². The summed E-state index contributed by atoms with van der Waals surface area (Å²) in [6, 6.07) is 0. The van der Waals surface area contributed by atoms with E-state index in [0.29, 0.717) is 12.5 Å². The van der Waals surface area contributed by atoms with E-state index in [1.165, 1.54) is 37.8 Å². The second-order valence-electron chi connectivity index (χ2n) is 5.05. The van der Waals surface area contributed by atoms with Crippen LogP contribution in [0.2, 0.25) is 0 Å². The summed E-state index contributed by atoms with van der Waals surface area (Å²) in [6.07, 6.45) is 9.23. The summed E-state index contributed by atoms with van der Waals surface area (Å²) in [6.45, 7) is 0.709. The topological polar surface area (TPSA) is 74.7 Å². The van der Waals surface area contributed by atoms with Crippen LogP contribution >= 0.6 is 0 Å². The molecule has 0 spiro atoms. The highest BCUT2D eigenvalue weighted by molar-refractivity contribution is 5.21. The second-order valence-corrected chi connectivity index (χ2v) is 5.05. The monoisotopic (exact) mass is 237 g/mol. The molecule has 4 nitrogen and oxygen atoms in total. The molecule has 0 saturated heterocycles. The van der Waals surface area contributed by atoms with Crippen molar-refractivity contribution in [2.45, 2.75) is 57.3 Å². The van der Waals surface area contributed by atoms with Crippen molar-refractivity contribution in [3.63, 3.8) is 0 Å². The molecule has 0 aromatic carbocycles. The van der Waals surface area contributed by atoms with E-state index in [1.807, 2.05) is 0 Å². The summed E-state index contributed by atoms with van der Waals surface area (Å²) in [4.78, 5) is 11.8. The van der Waals surface area contributed by atoms with Crippen molar-refractivity contribution in [2.24, 2.45) is 5.73 Å². The fourth-order valence-electron chi connectivity index (χ4n) is 2.83. The van der Waals surface area contributed by atoms with Gasteiger partial charge < -0.3 is 10.8 Å². The van der Waals surface area contributed by atoms with Crippen LogP contribution in [-0.2, 0) is 6.42 Å². The number of aromatic nitrogens is 2. The molecule has 2 rings (SSSR count). The van der Waals surface area contributed by atoms with Gasteiger partial charge in [0.25, 0.3) is 5.56 Å². The highest BCUT2D eigenvalue weighted by Gasteiger charge is 2.21. The lowest BCUT2D eigenvalue weighted by Gasteiger charge is -2.21. The fourth-order valence-corrected chi connectivity index (χ4v) is 2.83. The molecule has 0 aliphatic heterocycles. The zero-order chi connectivity index (χ0) is 12.1. The zero-order valence-corrected chi connectivity index (χ0v) is 10.4. The molecule has 1 saturated carbocycles. The SMILES string of the molecule is NCCCCc1c(C2CCCCC2)[nH][nH]c1=O. The van der Waals surface area contributed by atoms with Crippen molar-refractivity contribution in [1.82, 2.24) is 10.2 Å². The summed E-state index contributed by atoms with van der Waals surface area (Å²) < 4.78 is 0. The lowest BCUT2D eigenvalue weighted by atomic mass is 9.85. The number of aromatic amines is 2. The molecule has 4 N–H and O–H groups in total. The van der Waals surface area contributed by atoms with E-state index in [9.17, 15) is 4.79 Å². The van der Waals surface area contributed by atoms with E-state index in [4.69, 9.17) is 5.73 Å². The van der Waals surface area contributed by atoms with E-state index < -0.39 is 0 Å². The number of hydrogen-bond acceptors (Lipinski definition) is 2. The Morgan fingerprint density at radius 2 is 1.88 bits per heavy atom. The molecule has 17 heavy (non-hydrogen) atoms. The van der Waals surface area contributed by atoms with E-state index in [2.05, 4.69) is 10.2 Å². The van der Waals surface area contributed by atoms with E-state index in [1.54, 1.807) is 0 Å². The molecule has 0 atom stereocenters. The molecule has 1 fully saturated rings. The average molecular weight is 237 g/mol. The average Bonchev–Trinajstić information content (AvgIpc) is 2.73. The third kappa shape index (κ3) is 3.00. The zero-order valence-electron chi connectivity index (χ0n) is 10.4. The predicted octanol–water partition coefficient (Wildman–Crippen LogP) is 2.03. The highest BCUT2D eigenvalue weighted by atomic mass is 16.1. The van der Waals surface area contributed by atoms with Crippen molar-refractivity contribution in [1.29, 1.82) is 0 Å². The molecule has 0 bridgehead atoms. The summed E-state index contributed by atoms with van der Waals surface area (Å²) in [5, 5.41) is 5.85. The number of nitrogens with two attached hydrogens (primary N) is 1. The smallest absolute Gasteiger partial charge is 0.267 e. The Kier molecular flexibility index (Phi) is 4.42.